The summed E-state index contributed by atoms with van der Waals surface area (Å²) >= 11 is 0. The molecule has 0 aromatic carbocycles. The van der Waals surface area contributed by atoms with Crippen molar-refractivity contribution in [2.24, 2.45) is 17.3 Å². The number of piperidine rings is 1. The largest absolute Gasteiger partial charge is 0.375 e. The average Bonchev–Trinajstić information content (AvgIpc) is 2.70. The van der Waals surface area contributed by atoms with E-state index in [4.69, 9.17) is 4.74 Å². The van der Waals surface area contributed by atoms with E-state index in [1.165, 1.54) is 0 Å². The molecule has 17 heavy (non-hydrogen) atoms. The molecule has 4 nitrogen and oxygen atoms in total. The molecule has 2 aliphatic heterocycles. The van der Waals surface area contributed by atoms with Gasteiger partial charge in [-0.05, 0) is 24.2 Å². The van der Waals surface area contributed by atoms with Crippen LogP contribution in [-0.2, 0) is 9.53 Å². The predicted molar refractivity (Wildman–Crippen MR) is 64.5 cm³/mol. The van der Waals surface area contributed by atoms with Gasteiger partial charge in [0.25, 0.3) is 0 Å². The lowest BCUT2D eigenvalue weighted by Gasteiger charge is -2.33. The van der Waals surface area contributed by atoms with Crippen LogP contribution in [0.2, 0.25) is 0 Å². The van der Waals surface area contributed by atoms with Gasteiger partial charge in [0, 0.05) is 19.6 Å². The van der Waals surface area contributed by atoms with Crippen molar-refractivity contribution in [2.75, 3.05) is 26.2 Å². The summed E-state index contributed by atoms with van der Waals surface area (Å²) in [4.78, 5) is 14.4. The van der Waals surface area contributed by atoms with E-state index in [0.29, 0.717) is 12.0 Å². The van der Waals surface area contributed by atoms with Crippen molar-refractivity contribution < 1.29 is 9.53 Å². The molecule has 96 valence electrons. The molecule has 1 saturated carbocycles. The van der Waals surface area contributed by atoms with Crippen molar-refractivity contribution in [3.8, 4) is 0 Å². The van der Waals surface area contributed by atoms with Gasteiger partial charge in [0.15, 0.2) is 0 Å². The highest BCUT2D eigenvalue weighted by Crippen LogP contribution is 2.61. The van der Waals surface area contributed by atoms with Crippen molar-refractivity contribution in [1.29, 1.82) is 0 Å². The van der Waals surface area contributed by atoms with Gasteiger partial charge in [-0.3, -0.25) is 4.79 Å². The number of carbonyl (C=O) groups is 1. The van der Waals surface area contributed by atoms with E-state index in [0.717, 1.165) is 31.5 Å². The van der Waals surface area contributed by atoms with Crippen molar-refractivity contribution in [2.45, 2.75) is 32.9 Å². The topological polar surface area (TPSA) is 41.6 Å². The molecular weight excluding hydrogens is 216 g/mol. The van der Waals surface area contributed by atoms with Gasteiger partial charge in [0.05, 0.1) is 12.7 Å². The number of ether oxygens (including phenoxy) is 1. The Morgan fingerprint density at radius 2 is 2.00 bits per heavy atom. The Morgan fingerprint density at radius 1 is 1.35 bits per heavy atom. The Balaban J connectivity index is 1.61. The zero-order valence-corrected chi connectivity index (χ0v) is 10.9. The van der Waals surface area contributed by atoms with Crippen LogP contribution in [0.3, 0.4) is 0 Å². The Morgan fingerprint density at radius 3 is 2.59 bits per heavy atom. The number of fused-ring (bicyclic) bond motifs is 1. The minimum Gasteiger partial charge on any atom is -0.375 e. The first kappa shape index (κ1) is 11.5. The summed E-state index contributed by atoms with van der Waals surface area (Å²) in [5, 5.41) is 3.28. The lowest BCUT2D eigenvalue weighted by molar-refractivity contribution is -0.139. The highest BCUT2D eigenvalue weighted by atomic mass is 16.5. The molecule has 0 aromatic heterocycles. The maximum atomic E-state index is 12.4. The summed E-state index contributed by atoms with van der Waals surface area (Å²) in [5.74, 6) is 1.69. The molecule has 0 aromatic rings. The molecule has 1 aliphatic carbocycles. The highest BCUT2D eigenvalue weighted by Gasteiger charge is 2.62. The minimum absolute atomic E-state index is 0.00110. The second-order valence-electron chi connectivity index (χ2n) is 6.29. The Labute approximate surface area is 103 Å². The first-order valence-electron chi connectivity index (χ1n) is 6.65. The molecule has 4 heteroatoms. The smallest absolute Gasteiger partial charge is 0.242 e. The van der Waals surface area contributed by atoms with Crippen LogP contribution < -0.4 is 5.32 Å². The lowest BCUT2D eigenvalue weighted by atomic mass is 10.0. The van der Waals surface area contributed by atoms with Crippen LogP contribution in [0.4, 0.5) is 0 Å². The Kier molecular flexibility index (Phi) is 2.49. The molecule has 4 atom stereocenters. The van der Waals surface area contributed by atoms with E-state index in [1.54, 1.807) is 0 Å². The number of amides is 1. The molecular formula is C13H22N2O2. The van der Waals surface area contributed by atoms with E-state index >= 15 is 0 Å². The fourth-order valence-corrected chi connectivity index (χ4v) is 3.52. The summed E-state index contributed by atoms with van der Waals surface area (Å²) in [7, 11) is 0. The van der Waals surface area contributed by atoms with Gasteiger partial charge in [-0.15, -0.1) is 0 Å². The number of rotatable bonds is 1. The van der Waals surface area contributed by atoms with Crippen LogP contribution in [0, 0.1) is 17.3 Å². The minimum atomic E-state index is -0.135. The molecule has 3 fully saturated rings. The van der Waals surface area contributed by atoms with Crippen LogP contribution in [0.1, 0.15) is 20.8 Å². The third-order valence-corrected chi connectivity index (χ3v) is 5.02. The normalized spacial score (nSPS) is 43.4. The SMILES string of the molecule is C[C@H]1OCCN[C@@H]1C(=O)N1CC2C(C1)C2(C)C. The van der Waals surface area contributed by atoms with Gasteiger partial charge < -0.3 is 15.0 Å². The first-order chi connectivity index (χ1) is 8.01. The molecule has 2 saturated heterocycles. The summed E-state index contributed by atoms with van der Waals surface area (Å²) in [5.41, 5.74) is 0.471. The molecule has 0 bridgehead atoms. The monoisotopic (exact) mass is 238 g/mol. The van der Waals surface area contributed by atoms with E-state index in [9.17, 15) is 4.79 Å². The molecule has 0 radical (unpaired) electrons. The van der Waals surface area contributed by atoms with Crippen molar-refractivity contribution in [3.05, 3.63) is 0 Å². The molecule has 3 aliphatic rings. The van der Waals surface area contributed by atoms with E-state index < -0.39 is 0 Å². The maximum Gasteiger partial charge on any atom is 0.242 e. The number of hydrogen-bond acceptors (Lipinski definition) is 3. The number of morpholine rings is 1. The predicted octanol–water partition coefficient (Wildman–Crippen LogP) is 0.478. The van der Waals surface area contributed by atoms with Crippen LogP contribution in [0.25, 0.3) is 0 Å². The molecule has 2 unspecified atom stereocenters. The van der Waals surface area contributed by atoms with Gasteiger partial charge in [-0.1, -0.05) is 13.8 Å². The van der Waals surface area contributed by atoms with Gasteiger partial charge >= 0.3 is 0 Å². The number of likely N-dealkylation sites (tertiary alicyclic amines) is 1. The molecule has 1 amide bonds. The molecule has 0 spiro atoms. The standard InChI is InChI=1S/C13H22N2O2/c1-8-11(14-4-5-17-8)12(16)15-6-9-10(7-15)13(9,2)3/h8-11,14H,4-7H2,1-3H3/t8-,9?,10?,11+/m1/s1. The number of carbonyl (C=O) groups excluding carboxylic acids is 1. The zero-order chi connectivity index (χ0) is 12.2. The average molecular weight is 238 g/mol. The van der Waals surface area contributed by atoms with E-state index in [-0.39, 0.29) is 18.1 Å². The van der Waals surface area contributed by atoms with Gasteiger partial charge in [0.1, 0.15) is 6.04 Å². The number of hydrogen-bond donors (Lipinski definition) is 1. The summed E-state index contributed by atoms with van der Waals surface area (Å²) in [6.07, 6.45) is 0.00110. The van der Waals surface area contributed by atoms with Gasteiger partial charge in [-0.2, -0.15) is 0 Å². The van der Waals surface area contributed by atoms with Gasteiger partial charge in [-0.25, -0.2) is 0 Å². The van der Waals surface area contributed by atoms with Crippen molar-refractivity contribution in [3.63, 3.8) is 0 Å². The summed E-state index contributed by atoms with van der Waals surface area (Å²) < 4.78 is 5.54. The molecule has 3 rings (SSSR count). The summed E-state index contributed by atoms with van der Waals surface area (Å²) in [6, 6.07) is -0.135. The summed E-state index contributed by atoms with van der Waals surface area (Å²) in [6.45, 7) is 10.00. The first-order valence-corrected chi connectivity index (χ1v) is 6.65. The van der Waals surface area contributed by atoms with Crippen LogP contribution >= 0.6 is 0 Å². The number of nitrogens with one attached hydrogen (secondary N) is 1. The number of nitrogens with zero attached hydrogens (tertiary/aromatic N) is 1. The van der Waals surface area contributed by atoms with Crippen LogP contribution in [-0.4, -0.2) is 49.2 Å². The maximum absolute atomic E-state index is 12.4. The Bertz CT molecular complexity index is 328. The second kappa shape index (κ2) is 3.69. The molecule has 1 N–H and O–H groups in total. The van der Waals surface area contributed by atoms with Crippen LogP contribution in [0.15, 0.2) is 0 Å². The Hall–Kier alpha value is -0.610. The quantitative estimate of drug-likeness (QED) is 0.722. The third-order valence-electron chi connectivity index (χ3n) is 5.02. The highest BCUT2D eigenvalue weighted by molar-refractivity contribution is 5.83. The zero-order valence-electron chi connectivity index (χ0n) is 10.9. The second-order valence-corrected chi connectivity index (χ2v) is 6.29. The third kappa shape index (κ3) is 1.69. The fraction of sp³-hybridized carbons (Fsp3) is 0.923. The fourth-order valence-electron chi connectivity index (χ4n) is 3.52. The van der Waals surface area contributed by atoms with E-state index in [2.05, 4.69) is 19.2 Å². The van der Waals surface area contributed by atoms with Crippen LogP contribution in [0.5, 0.6) is 0 Å². The van der Waals surface area contributed by atoms with Crippen molar-refractivity contribution in [1.82, 2.24) is 10.2 Å². The van der Waals surface area contributed by atoms with E-state index in [1.807, 2.05) is 11.8 Å². The molecule has 2 heterocycles. The lowest BCUT2D eigenvalue weighted by Crippen LogP contribution is -2.56. The van der Waals surface area contributed by atoms with Gasteiger partial charge in [0.2, 0.25) is 5.91 Å². The van der Waals surface area contributed by atoms with Crippen molar-refractivity contribution >= 4 is 5.91 Å².